The average molecular weight is 422 g/mol. The Hall–Kier alpha value is -2.96. The fourth-order valence-electron chi connectivity index (χ4n) is 2.90. The lowest BCUT2D eigenvalue weighted by molar-refractivity contribution is 0.689. The Morgan fingerprint density at radius 2 is 1.93 bits per heavy atom. The van der Waals surface area contributed by atoms with Gasteiger partial charge in [-0.15, -0.1) is 0 Å². The number of benzene rings is 1. The highest BCUT2D eigenvalue weighted by Gasteiger charge is 2.12. The molecule has 0 saturated heterocycles. The molecular weight excluding hydrogens is 402 g/mol. The average Bonchev–Trinajstić information content (AvgIpc) is 3.34. The van der Waals surface area contributed by atoms with Crippen LogP contribution in [-0.4, -0.2) is 26.3 Å². The van der Waals surface area contributed by atoms with Crippen molar-refractivity contribution in [3.8, 4) is 10.6 Å². The van der Waals surface area contributed by atoms with Gasteiger partial charge in [-0.25, -0.2) is 4.98 Å². The molecule has 0 amide bonds. The fourth-order valence-corrected chi connectivity index (χ4v) is 4.02. The standard InChI is InChI=1S/C22H20ClN5S/c1-16-21(20-9-12-28(27-20)15-18-7-10-24-11-8-18)29-22(26-16)25-14-19(23)13-17-5-3-2-4-6-17/h2-13H,14-15H2,1H3,(H,25,26)/b19-13-. The molecule has 3 heterocycles. The molecule has 0 bridgehead atoms. The van der Waals surface area contributed by atoms with Crippen LogP contribution in [0.25, 0.3) is 16.6 Å². The van der Waals surface area contributed by atoms with E-state index in [1.165, 1.54) is 0 Å². The van der Waals surface area contributed by atoms with Crippen LogP contribution in [0.1, 0.15) is 16.8 Å². The normalized spacial score (nSPS) is 11.6. The van der Waals surface area contributed by atoms with Crippen LogP contribution in [0.4, 0.5) is 5.13 Å². The Morgan fingerprint density at radius 3 is 2.72 bits per heavy atom. The third kappa shape index (κ3) is 5.10. The van der Waals surface area contributed by atoms with Gasteiger partial charge in [-0.1, -0.05) is 53.3 Å². The summed E-state index contributed by atoms with van der Waals surface area (Å²) < 4.78 is 1.93. The second kappa shape index (κ2) is 9.03. The van der Waals surface area contributed by atoms with E-state index < -0.39 is 0 Å². The number of aromatic nitrogens is 4. The quantitative estimate of drug-likeness (QED) is 0.431. The van der Waals surface area contributed by atoms with Crippen LogP contribution in [-0.2, 0) is 6.54 Å². The van der Waals surface area contributed by atoms with Gasteiger partial charge in [-0.3, -0.25) is 9.67 Å². The van der Waals surface area contributed by atoms with E-state index in [0.29, 0.717) is 13.1 Å². The van der Waals surface area contributed by atoms with Gasteiger partial charge in [0.2, 0.25) is 0 Å². The van der Waals surface area contributed by atoms with Crippen LogP contribution >= 0.6 is 22.9 Å². The molecule has 5 nitrogen and oxygen atoms in total. The van der Waals surface area contributed by atoms with Crippen molar-refractivity contribution in [2.45, 2.75) is 13.5 Å². The lowest BCUT2D eigenvalue weighted by atomic mass is 10.2. The monoisotopic (exact) mass is 421 g/mol. The van der Waals surface area contributed by atoms with E-state index in [9.17, 15) is 0 Å². The second-order valence-corrected chi connectivity index (χ2v) is 8.03. The summed E-state index contributed by atoms with van der Waals surface area (Å²) in [5.41, 5.74) is 4.12. The maximum atomic E-state index is 6.36. The maximum absolute atomic E-state index is 6.36. The number of nitrogens with one attached hydrogen (secondary N) is 1. The van der Waals surface area contributed by atoms with Gasteiger partial charge in [0.05, 0.1) is 23.7 Å². The first-order valence-corrected chi connectivity index (χ1v) is 10.4. The molecule has 0 unspecified atom stereocenters. The Balaban J connectivity index is 1.42. The molecule has 4 aromatic rings. The number of nitrogens with zero attached hydrogens (tertiary/aromatic N) is 4. The van der Waals surface area contributed by atoms with E-state index >= 15 is 0 Å². The lowest BCUT2D eigenvalue weighted by Crippen LogP contribution is -2.00. The Bertz CT molecular complexity index is 1100. The van der Waals surface area contributed by atoms with Gasteiger partial charge >= 0.3 is 0 Å². The van der Waals surface area contributed by atoms with Crippen molar-refractivity contribution in [1.82, 2.24) is 19.7 Å². The van der Waals surface area contributed by atoms with Crippen molar-refractivity contribution >= 4 is 34.1 Å². The number of aryl methyl sites for hydroxylation is 1. The maximum Gasteiger partial charge on any atom is 0.183 e. The predicted molar refractivity (Wildman–Crippen MR) is 120 cm³/mol. The first kappa shape index (κ1) is 19.4. The minimum Gasteiger partial charge on any atom is -0.357 e. The molecule has 0 fully saturated rings. The first-order valence-electron chi connectivity index (χ1n) is 9.22. The van der Waals surface area contributed by atoms with Crippen LogP contribution < -0.4 is 5.32 Å². The number of thiazole rings is 1. The van der Waals surface area contributed by atoms with Crippen LogP contribution in [0.3, 0.4) is 0 Å². The van der Waals surface area contributed by atoms with Gasteiger partial charge in [0.1, 0.15) is 5.69 Å². The van der Waals surface area contributed by atoms with Crippen LogP contribution in [0.2, 0.25) is 0 Å². The minimum atomic E-state index is 0.527. The number of anilines is 1. The van der Waals surface area contributed by atoms with Crippen molar-refractivity contribution in [2.24, 2.45) is 0 Å². The van der Waals surface area contributed by atoms with E-state index in [-0.39, 0.29) is 0 Å². The first-order chi connectivity index (χ1) is 14.2. The zero-order valence-electron chi connectivity index (χ0n) is 15.9. The molecule has 1 aromatic carbocycles. The van der Waals surface area contributed by atoms with E-state index in [1.807, 2.05) is 72.4 Å². The molecule has 4 rings (SSSR count). The Kier molecular flexibility index (Phi) is 6.03. The summed E-state index contributed by atoms with van der Waals surface area (Å²) in [5, 5.41) is 9.57. The third-order valence-electron chi connectivity index (χ3n) is 4.30. The van der Waals surface area contributed by atoms with E-state index in [0.717, 1.165) is 37.6 Å². The van der Waals surface area contributed by atoms with Crippen LogP contribution in [0.15, 0.2) is 72.2 Å². The second-order valence-electron chi connectivity index (χ2n) is 6.54. The lowest BCUT2D eigenvalue weighted by Gasteiger charge is -2.01. The van der Waals surface area contributed by atoms with E-state index in [4.69, 9.17) is 16.7 Å². The molecular formula is C22H20ClN5S. The Labute approximate surface area is 178 Å². The van der Waals surface area contributed by atoms with Crippen molar-refractivity contribution in [2.75, 3.05) is 11.9 Å². The highest BCUT2D eigenvalue weighted by atomic mass is 35.5. The summed E-state index contributed by atoms with van der Waals surface area (Å²) in [4.78, 5) is 9.73. The molecule has 0 aliphatic heterocycles. The van der Waals surface area contributed by atoms with E-state index in [2.05, 4.69) is 15.3 Å². The molecule has 0 atom stereocenters. The summed E-state index contributed by atoms with van der Waals surface area (Å²) in [5.74, 6) is 0. The van der Waals surface area contributed by atoms with E-state index in [1.54, 1.807) is 23.7 Å². The molecule has 0 saturated carbocycles. The van der Waals surface area contributed by atoms with Gasteiger partial charge in [0.15, 0.2) is 5.13 Å². The summed E-state index contributed by atoms with van der Waals surface area (Å²) >= 11 is 7.95. The number of pyridine rings is 1. The molecule has 3 aromatic heterocycles. The van der Waals surface area contributed by atoms with Crippen LogP contribution in [0, 0.1) is 6.92 Å². The van der Waals surface area contributed by atoms with Gasteiger partial charge in [-0.05, 0) is 42.3 Å². The predicted octanol–water partition coefficient (Wildman–Crippen LogP) is 5.45. The topological polar surface area (TPSA) is 55.6 Å². The third-order valence-corrected chi connectivity index (χ3v) is 5.68. The van der Waals surface area contributed by atoms with Gasteiger partial charge in [-0.2, -0.15) is 5.10 Å². The SMILES string of the molecule is Cc1nc(NC/C(Cl)=C/c2ccccc2)sc1-c1ccn(Cc2ccncc2)n1. The van der Waals surface area contributed by atoms with Crippen molar-refractivity contribution in [1.29, 1.82) is 0 Å². The molecule has 0 aliphatic rings. The highest BCUT2D eigenvalue weighted by molar-refractivity contribution is 7.19. The number of halogens is 1. The van der Waals surface area contributed by atoms with Crippen molar-refractivity contribution < 1.29 is 0 Å². The highest BCUT2D eigenvalue weighted by Crippen LogP contribution is 2.31. The molecule has 146 valence electrons. The smallest absolute Gasteiger partial charge is 0.183 e. The summed E-state index contributed by atoms with van der Waals surface area (Å²) in [6.07, 6.45) is 7.53. The molecule has 0 radical (unpaired) electrons. The molecule has 0 aliphatic carbocycles. The fraction of sp³-hybridized carbons (Fsp3) is 0.136. The zero-order valence-corrected chi connectivity index (χ0v) is 17.5. The van der Waals surface area contributed by atoms with Gasteiger partial charge in [0.25, 0.3) is 0 Å². The zero-order chi connectivity index (χ0) is 20.1. The number of hydrogen-bond donors (Lipinski definition) is 1. The summed E-state index contributed by atoms with van der Waals surface area (Å²) in [6, 6.07) is 16.0. The van der Waals surface area contributed by atoms with Gasteiger partial charge in [0, 0.05) is 23.6 Å². The molecule has 0 spiro atoms. The summed E-state index contributed by atoms with van der Waals surface area (Å²) in [6.45, 7) is 3.24. The summed E-state index contributed by atoms with van der Waals surface area (Å²) in [7, 11) is 0. The minimum absolute atomic E-state index is 0.527. The van der Waals surface area contributed by atoms with Crippen molar-refractivity contribution in [3.63, 3.8) is 0 Å². The number of hydrogen-bond acceptors (Lipinski definition) is 5. The molecule has 7 heteroatoms. The molecule has 29 heavy (non-hydrogen) atoms. The molecule has 1 N–H and O–H groups in total. The van der Waals surface area contributed by atoms with Crippen molar-refractivity contribution in [3.05, 3.63) is 89.0 Å². The Morgan fingerprint density at radius 1 is 1.14 bits per heavy atom. The van der Waals surface area contributed by atoms with Gasteiger partial charge < -0.3 is 5.32 Å². The number of rotatable bonds is 7. The van der Waals surface area contributed by atoms with Crippen LogP contribution in [0.5, 0.6) is 0 Å². The largest absolute Gasteiger partial charge is 0.357 e.